The summed E-state index contributed by atoms with van der Waals surface area (Å²) in [5.74, 6) is 1.29. The monoisotopic (exact) mass is 287 g/mol. The zero-order valence-corrected chi connectivity index (χ0v) is 12.0. The first-order chi connectivity index (χ1) is 10.1. The molecule has 0 fully saturated rings. The Balaban J connectivity index is 2.10. The van der Waals surface area contributed by atoms with Crippen LogP contribution in [0, 0.1) is 17.0 Å². The van der Waals surface area contributed by atoms with Crippen LogP contribution in [0.3, 0.4) is 0 Å². The smallest absolute Gasteiger partial charge is 0.273 e. The average molecular weight is 287 g/mol. The second-order valence-electron chi connectivity index (χ2n) is 4.54. The van der Waals surface area contributed by atoms with Crippen molar-refractivity contribution in [3.05, 3.63) is 57.8 Å². The number of aryl methyl sites for hydroxylation is 1. The van der Waals surface area contributed by atoms with Gasteiger partial charge in [-0.2, -0.15) is 0 Å². The predicted octanol–water partition coefficient (Wildman–Crippen LogP) is 3.31. The number of hydrogen-bond donors (Lipinski definition) is 1. The van der Waals surface area contributed by atoms with Crippen molar-refractivity contribution >= 4 is 11.5 Å². The number of nitro groups is 1. The highest BCUT2D eigenvalue weighted by Gasteiger charge is 2.10. The summed E-state index contributed by atoms with van der Waals surface area (Å²) in [4.78, 5) is 14.7. The van der Waals surface area contributed by atoms with Gasteiger partial charge < -0.3 is 10.1 Å². The van der Waals surface area contributed by atoms with E-state index < -0.39 is 4.92 Å². The van der Waals surface area contributed by atoms with Gasteiger partial charge in [0.2, 0.25) is 0 Å². The lowest BCUT2D eigenvalue weighted by Gasteiger charge is -2.09. The highest BCUT2D eigenvalue weighted by atomic mass is 16.6. The maximum Gasteiger partial charge on any atom is 0.273 e. The zero-order valence-electron chi connectivity index (χ0n) is 12.0. The van der Waals surface area contributed by atoms with E-state index in [4.69, 9.17) is 4.74 Å². The maximum absolute atomic E-state index is 10.8. The van der Waals surface area contributed by atoms with Crippen LogP contribution in [0.2, 0.25) is 0 Å². The van der Waals surface area contributed by atoms with Gasteiger partial charge in [-0.1, -0.05) is 6.07 Å². The minimum Gasteiger partial charge on any atom is -0.487 e. The largest absolute Gasteiger partial charge is 0.487 e. The summed E-state index contributed by atoms with van der Waals surface area (Å²) in [6.07, 6.45) is 0. The van der Waals surface area contributed by atoms with Crippen LogP contribution >= 0.6 is 0 Å². The van der Waals surface area contributed by atoms with Gasteiger partial charge >= 0.3 is 0 Å². The Hall–Kier alpha value is -2.63. The molecule has 6 heteroatoms. The van der Waals surface area contributed by atoms with Crippen molar-refractivity contribution in [2.24, 2.45) is 0 Å². The maximum atomic E-state index is 10.8. The van der Waals surface area contributed by atoms with Crippen LogP contribution in [0.1, 0.15) is 18.2 Å². The van der Waals surface area contributed by atoms with E-state index in [0.717, 1.165) is 23.6 Å². The molecule has 0 amide bonds. The second kappa shape index (κ2) is 6.69. The molecule has 1 heterocycles. The van der Waals surface area contributed by atoms with E-state index in [-0.39, 0.29) is 12.3 Å². The Kier molecular flexibility index (Phi) is 4.71. The number of ether oxygens (including phenoxy) is 1. The summed E-state index contributed by atoms with van der Waals surface area (Å²) in [5.41, 5.74) is 1.63. The molecule has 1 N–H and O–H groups in total. The third-order valence-corrected chi connectivity index (χ3v) is 2.92. The molecular formula is C15H17N3O3. The molecule has 1 aromatic heterocycles. The van der Waals surface area contributed by atoms with Crippen molar-refractivity contribution in [3.8, 4) is 5.75 Å². The molecule has 0 spiro atoms. The van der Waals surface area contributed by atoms with E-state index in [2.05, 4.69) is 10.3 Å². The lowest BCUT2D eigenvalue weighted by Crippen LogP contribution is -2.04. The number of nitro benzene ring substituents is 1. The van der Waals surface area contributed by atoms with Crippen LogP contribution in [-0.2, 0) is 6.61 Å². The molecule has 0 unspecified atom stereocenters. The lowest BCUT2D eigenvalue weighted by molar-refractivity contribution is -0.385. The summed E-state index contributed by atoms with van der Waals surface area (Å²) in [6.45, 7) is 4.90. The number of benzene rings is 1. The van der Waals surface area contributed by atoms with Gasteiger partial charge in [-0.25, -0.2) is 4.98 Å². The van der Waals surface area contributed by atoms with Crippen LogP contribution in [0.4, 0.5) is 11.5 Å². The molecule has 2 rings (SSSR count). The van der Waals surface area contributed by atoms with Crippen LogP contribution in [-0.4, -0.2) is 16.5 Å². The molecule has 0 saturated carbocycles. The van der Waals surface area contributed by atoms with Crippen molar-refractivity contribution in [3.63, 3.8) is 0 Å². The van der Waals surface area contributed by atoms with Gasteiger partial charge in [-0.05, 0) is 37.6 Å². The molecule has 0 aliphatic rings. The van der Waals surface area contributed by atoms with Crippen molar-refractivity contribution in [2.75, 3.05) is 11.9 Å². The summed E-state index contributed by atoms with van der Waals surface area (Å²) in [5, 5.41) is 13.9. The Morgan fingerprint density at radius 2 is 2.14 bits per heavy atom. The first kappa shape index (κ1) is 14.8. The molecule has 0 saturated heterocycles. The van der Waals surface area contributed by atoms with Crippen LogP contribution in [0.25, 0.3) is 0 Å². The fourth-order valence-corrected chi connectivity index (χ4v) is 1.85. The van der Waals surface area contributed by atoms with Gasteiger partial charge in [0.25, 0.3) is 5.69 Å². The lowest BCUT2D eigenvalue weighted by atomic mass is 10.2. The predicted molar refractivity (Wildman–Crippen MR) is 80.6 cm³/mol. The number of non-ortho nitro benzene ring substituents is 1. The molecule has 0 aliphatic heterocycles. The van der Waals surface area contributed by atoms with Gasteiger partial charge in [-0.15, -0.1) is 0 Å². The quantitative estimate of drug-likeness (QED) is 0.651. The summed E-state index contributed by atoms with van der Waals surface area (Å²) in [7, 11) is 0. The Bertz CT molecular complexity index is 644. The molecule has 21 heavy (non-hydrogen) atoms. The van der Waals surface area contributed by atoms with Crippen LogP contribution in [0.15, 0.2) is 36.4 Å². The topological polar surface area (TPSA) is 77.3 Å². The summed E-state index contributed by atoms with van der Waals surface area (Å²) < 4.78 is 5.65. The van der Waals surface area contributed by atoms with E-state index in [0.29, 0.717) is 5.75 Å². The Morgan fingerprint density at radius 1 is 1.33 bits per heavy atom. The molecular weight excluding hydrogens is 270 g/mol. The number of hydrogen-bond acceptors (Lipinski definition) is 5. The Labute approximate surface area is 122 Å². The minimum absolute atomic E-state index is 0.0185. The number of aromatic nitrogens is 1. The third kappa shape index (κ3) is 3.92. The number of nitrogens with zero attached hydrogens (tertiary/aromatic N) is 2. The molecule has 110 valence electrons. The summed E-state index contributed by atoms with van der Waals surface area (Å²) in [6, 6.07) is 10.2. The molecule has 0 atom stereocenters. The number of nitrogens with one attached hydrogen (secondary N) is 1. The van der Waals surface area contributed by atoms with E-state index in [1.807, 2.05) is 32.0 Å². The van der Waals surface area contributed by atoms with Gasteiger partial charge in [0.05, 0.1) is 16.7 Å². The molecule has 1 aromatic carbocycles. The summed E-state index contributed by atoms with van der Waals surface area (Å²) >= 11 is 0. The SMILES string of the molecule is CCNc1cccc(COc2cc([N+](=O)[O-])ccc2C)n1. The van der Waals surface area contributed by atoms with Gasteiger partial charge in [-0.3, -0.25) is 10.1 Å². The fraction of sp³-hybridized carbons (Fsp3) is 0.267. The molecule has 2 aromatic rings. The molecule has 0 radical (unpaired) electrons. The van der Waals surface area contributed by atoms with Crippen molar-refractivity contribution in [2.45, 2.75) is 20.5 Å². The van der Waals surface area contributed by atoms with Crippen LogP contribution in [0.5, 0.6) is 5.75 Å². The van der Waals surface area contributed by atoms with E-state index >= 15 is 0 Å². The Morgan fingerprint density at radius 3 is 2.86 bits per heavy atom. The van der Waals surface area contributed by atoms with E-state index in [1.165, 1.54) is 12.1 Å². The fourth-order valence-electron chi connectivity index (χ4n) is 1.85. The van der Waals surface area contributed by atoms with Gasteiger partial charge in [0, 0.05) is 12.6 Å². The molecule has 6 nitrogen and oxygen atoms in total. The van der Waals surface area contributed by atoms with Gasteiger partial charge in [0.15, 0.2) is 0 Å². The van der Waals surface area contributed by atoms with Crippen molar-refractivity contribution in [1.29, 1.82) is 0 Å². The van der Waals surface area contributed by atoms with Crippen molar-refractivity contribution in [1.82, 2.24) is 4.98 Å². The average Bonchev–Trinajstić information content (AvgIpc) is 2.47. The van der Waals surface area contributed by atoms with Crippen LogP contribution < -0.4 is 10.1 Å². The highest BCUT2D eigenvalue weighted by Crippen LogP contribution is 2.24. The van der Waals surface area contributed by atoms with Gasteiger partial charge in [0.1, 0.15) is 18.2 Å². The standard InChI is InChI=1S/C15H17N3O3/c1-3-16-15-6-4-5-12(17-15)10-21-14-9-13(18(19)20)8-7-11(14)2/h4-9H,3,10H2,1-2H3,(H,16,17). The number of anilines is 1. The van der Waals surface area contributed by atoms with E-state index in [1.54, 1.807) is 6.07 Å². The molecule has 0 bridgehead atoms. The third-order valence-electron chi connectivity index (χ3n) is 2.92. The van der Waals surface area contributed by atoms with Crippen molar-refractivity contribution < 1.29 is 9.66 Å². The first-order valence-electron chi connectivity index (χ1n) is 6.68. The van der Waals surface area contributed by atoms with E-state index in [9.17, 15) is 10.1 Å². The first-order valence-corrected chi connectivity index (χ1v) is 6.68. The number of pyridine rings is 1. The molecule has 0 aliphatic carbocycles. The second-order valence-corrected chi connectivity index (χ2v) is 4.54. The number of rotatable bonds is 6. The minimum atomic E-state index is -0.434. The normalized spacial score (nSPS) is 10.2. The highest BCUT2D eigenvalue weighted by molar-refractivity contribution is 5.43. The zero-order chi connectivity index (χ0) is 15.2.